The minimum Gasteiger partial charge on any atom is -0.0882 e. The molecule has 9 heavy (non-hydrogen) atoms. The Kier molecular flexibility index (Phi) is 5.29. The summed E-state index contributed by atoms with van der Waals surface area (Å²) in [6.45, 7) is 7.84. The molecule has 0 aromatic heterocycles. The van der Waals surface area contributed by atoms with Crippen LogP contribution in [0.1, 0.15) is 26.7 Å². The standard InChI is InChI=1S/C9H15/c1-4-5-6-7-8-9(2)3/h4-5,8H,1,6-7H2,2-3H3. The summed E-state index contributed by atoms with van der Waals surface area (Å²) in [5.74, 6) is 0. The lowest BCUT2D eigenvalue weighted by Gasteiger charge is -1.87. The van der Waals surface area contributed by atoms with E-state index in [0.29, 0.717) is 0 Å². The Bertz CT molecular complexity index is 103. The van der Waals surface area contributed by atoms with E-state index >= 15 is 0 Å². The van der Waals surface area contributed by atoms with E-state index in [2.05, 4.69) is 32.9 Å². The van der Waals surface area contributed by atoms with Crippen LogP contribution in [0.3, 0.4) is 0 Å². The molecule has 0 rings (SSSR count). The van der Waals surface area contributed by atoms with E-state index in [4.69, 9.17) is 0 Å². The topological polar surface area (TPSA) is 0 Å². The van der Waals surface area contributed by atoms with Crippen LogP contribution >= 0.6 is 0 Å². The van der Waals surface area contributed by atoms with E-state index in [1.54, 1.807) is 0 Å². The molecule has 51 valence electrons. The summed E-state index contributed by atoms with van der Waals surface area (Å²) in [6, 6.07) is 0. The molecule has 0 aliphatic heterocycles. The highest BCUT2D eigenvalue weighted by Gasteiger charge is 1.76. The first kappa shape index (κ1) is 8.48. The highest BCUT2D eigenvalue weighted by Crippen LogP contribution is 1.96. The molecule has 0 unspecified atom stereocenters. The lowest BCUT2D eigenvalue weighted by Crippen LogP contribution is -1.66. The van der Waals surface area contributed by atoms with Crippen molar-refractivity contribution in [3.63, 3.8) is 0 Å². The molecule has 0 fully saturated rings. The van der Waals surface area contributed by atoms with Gasteiger partial charge in [-0.25, -0.2) is 0 Å². The van der Waals surface area contributed by atoms with Gasteiger partial charge in [-0.1, -0.05) is 23.8 Å². The van der Waals surface area contributed by atoms with E-state index in [9.17, 15) is 0 Å². The molecule has 0 spiro atoms. The van der Waals surface area contributed by atoms with Gasteiger partial charge in [0.25, 0.3) is 0 Å². The molecule has 0 nitrogen and oxygen atoms in total. The van der Waals surface area contributed by atoms with E-state index in [-0.39, 0.29) is 0 Å². The Morgan fingerprint density at radius 3 is 2.44 bits per heavy atom. The Morgan fingerprint density at radius 2 is 2.00 bits per heavy atom. The summed E-state index contributed by atoms with van der Waals surface area (Å²) in [7, 11) is 0. The lowest BCUT2D eigenvalue weighted by atomic mass is 10.2. The van der Waals surface area contributed by atoms with Gasteiger partial charge in [-0.3, -0.25) is 0 Å². The Morgan fingerprint density at radius 1 is 1.33 bits per heavy atom. The maximum Gasteiger partial charge on any atom is -0.0314 e. The van der Waals surface area contributed by atoms with E-state index < -0.39 is 0 Å². The second kappa shape index (κ2) is 5.61. The highest BCUT2D eigenvalue weighted by molar-refractivity contribution is 4.95. The first-order valence-corrected chi connectivity index (χ1v) is 3.35. The van der Waals surface area contributed by atoms with Gasteiger partial charge in [0.15, 0.2) is 0 Å². The molecule has 0 heterocycles. The molecule has 0 saturated carbocycles. The third-order valence-electron chi connectivity index (χ3n) is 1.05. The van der Waals surface area contributed by atoms with Crippen LogP contribution in [0.5, 0.6) is 0 Å². The lowest BCUT2D eigenvalue weighted by molar-refractivity contribution is 1.03. The van der Waals surface area contributed by atoms with Crippen LogP contribution < -0.4 is 0 Å². The molecule has 0 aliphatic carbocycles. The molecular formula is C9H15. The van der Waals surface area contributed by atoms with Crippen LogP contribution in [0.2, 0.25) is 0 Å². The monoisotopic (exact) mass is 123 g/mol. The molecule has 0 saturated heterocycles. The smallest absolute Gasteiger partial charge is 0.0314 e. The van der Waals surface area contributed by atoms with Crippen LogP contribution in [0.25, 0.3) is 0 Å². The van der Waals surface area contributed by atoms with Crippen molar-refractivity contribution in [1.29, 1.82) is 0 Å². The number of allylic oxidation sites excluding steroid dienone is 4. The van der Waals surface area contributed by atoms with Gasteiger partial charge in [-0.05, 0) is 33.6 Å². The summed E-state index contributed by atoms with van der Waals surface area (Å²) >= 11 is 0. The zero-order valence-corrected chi connectivity index (χ0v) is 6.35. The van der Waals surface area contributed by atoms with Gasteiger partial charge in [0.2, 0.25) is 0 Å². The largest absolute Gasteiger partial charge is 0.0882 e. The second-order valence-electron chi connectivity index (χ2n) is 2.33. The van der Waals surface area contributed by atoms with Crippen molar-refractivity contribution in [1.82, 2.24) is 0 Å². The maximum atomic E-state index is 3.60. The van der Waals surface area contributed by atoms with Crippen molar-refractivity contribution < 1.29 is 0 Å². The summed E-state index contributed by atoms with van der Waals surface area (Å²) in [6.07, 6.45) is 8.43. The van der Waals surface area contributed by atoms with Gasteiger partial charge in [-0.15, -0.1) is 0 Å². The quantitative estimate of drug-likeness (QED) is 0.399. The fraction of sp³-hybridized carbons (Fsp3) is 0.444. The first-order chi connectivity index (χ1) is 4.27. The fourth-order valence-electron chi connectivity index (χ4n) is 0.586. The Hall–Kier alpha value is -0.520. The van der Waals surface area contributed by atoms with Gasteiger partial charge in [0.05, 0.1) is 0 Å². The molecule has 0 atom stereocenters. The third-order valence-corrected chi connectivity index (χ3v) is 1.05. The molecule has 0 heteroatoms. The minimum absolute atomic E-state index is 1.12. The molecule has 0 aromatic carbocycles. The second-order valence-corrected chi connectivity index (χ2v) is 2.33. The van der Waals surface area contributed by atoms with Crippen LogP contribution in [0.4, 0.5) is 0 Å². The number of hydrogen-bond acceptors (Lipinski definition) is 0. The van der Waals surface area contributed by atoms with E-state index in [0.717, 1.165) is 12.8 Å². The average molecular weight is 123 g/mol. The van der Waals surface area contributed by atoms with Crippen LogP contribution in [-0.2, 0) is 0 Å². The van der Waals surface area contributed by atoms with Gasteiger partial charge in [-0.2, -0.15) is 0 Å². The van der Waals surface area contributed by atoms with Gasteiger partial charge in [0, 0.05) is 0 Å². The molecule has 0 N–H and O–H groups in total. The maximum absolute atomic E-state index is 3.60. The highest BCUT2D eigenvalue weighted by atomic mass is 13.8. The minimum atomic E-state index is 1.12. The summed E-state index contributed by atoms with van der Waals surface area (Å²) < 4.78 is 0. The molecule has 0 amide bonds. The molecule has 0 bridgehead atoms. The number of unbranched alkanes of at least 4 members (excludes halogenated alkanes) is 1. The Labute approximate surface area is 58.3 Å². The SMILES string of the molecule is [CH2]C=CCCC=C(C)C. The zero-order chi connectivity index (χ0) is 7.11. The first-order valence-electron chi connectivity index (χ1n) is 3.35. The predicted molar refractivity (Wildman–Crippen MR) is 43.2 cm³/mol. The van der Waals surface area contributed by atoms with Crippen molar-refractivity contribution in [3.8, 4) is 0 Å². The van der Waals surface area contributed by atoms with E-state index in [1.807, 2.05) is 6.08 Å². The molecule has 0 aromatic rings. The average Bonchev–Trinajstić information content (AvgIpc) is 1.80. The zero-order valence-electron chi connectivity index (χ0n) is 6.35. The van der Waals surface area contributed by atoms with Crippen molar-refractivity contribution in [2.75, 3.05) is 0 Å². The number of rotatable bonds is 3. The van der Waals surface area contributed by atoms with Crippen molar-refractivity contribution in [2.45, 2.75) is 26.7 Å². The summed E-state index contributed by atoms with van der Waals surface area (Å²) in [5, 5.41) is 0. The predicted octanol–water partition coefficient (Wildman–Crippen LogP) is 3.12. The van der Waals surface area contributed by atoms with Gasteiger partial charge >= 0.3 is 0 Å². The van der Waals surface area contributed by atoms with Gasteiger partial charge < -0.3 is 0 Å². The fourth-order valence-corrected chi connectivity index (χ4v) is 0.586. The third kappa shape index (κ3) is 7.48. The van der Waals surface area contributed by atoms with Crippen molar-refractivity contribution in [3.05, 3.63) is 30.7 Å². The Balaban J connectivity index is 3.20. The van der Waals surface area contributed by atoms with Gasteiger partial charge in [0.1, 0.15) is 0 Å². The molecular weight excluding hydrogens is 108 g/mol. The molecule has 0 aliphatic rings. The number of hydrogen-bond donors (Lipinski definition) is 0. The van der Waals surface area contributed by atoms with Crippen molar-refractivity contribution >= 4 is 0 Å². The van der Waals surface area contributed by atoms with Crippen molar-refractivity contribution in [2.24, 2.45) is 0 Å². The van der Waals surface area contributed by atoms with E-state index in [1.165, 1.54) is 5.57 Å². The molecule has 1 radical (unpaired) electrons. The summed E-state index contributed by atoms with van der Waals surface area (Å²) in [5.41, 5.74) is 1.40. The van der Waals surface area contributed by atoms with Crippen LogP contribution in [0, 0.1) is 6.92 Å². The normalized spacial score (nSPS) is 10.1. The van der Waals surface area contributed by atoms with Crippen LogP contribution in [0.15, 0.2) is 23.8 Å². The van der Waals surface area contributed by atoms with Crippen LogP contribution in [-0.4, -0.2) is 0 Å². The summed E-state index contributed by atoms with van der Waals surface area (Å²) in [4.78, 5) is 0.